The van der Waals surface area contributed by atoms with Crippen LogP contribution in [0.2, 0.25) is 5.02 Å². The summed E-state index contributed by atoms with van der Waals surface area (Å²) < 4.78 is 0. The smallest absolute Gasteiger partial charge is 0.303 e. The third-order valence-corrected chi connectivity index (χ3v) is 4.08. The minimum Gasteiger partial charge on any atom is -0.481 e. The first-order valence-electron chi connectivity index (χ1n) is 8.20. The highest BCUT2D eigenvalue weighted by atomic mass is 35.5. The molecule has 0 saturated heterocycles. The van der Waals surface area contributed by atoms with E-state index in [1.807, 2.05) is 18.2 Å². The fraction of sp³-hybridized carbons (Fsp3) is 0.556. The maximum absolute atomic E-state index is 10.5. The third kappa shape index (κ3) is 9.24. The molecule has 0 unspecified atom stereocenters. The average Bonchev–Trinajstić information content (AvgIpc) is 2.47. The van der Waals surface area contributed by atoms with Crippen molar-refractivity contribution in [1.82, 2.24) is 0 Å². The second-order valence-corrected chi connectivity index (χ2v) is 6.26. The number of aryl methyl sites for hydroxylation is 2. The Morgan fingerprint density at radius 2 is 1.30 bits per heavy atom. The first kappa shape index (κ1) is 19.5. The Bertz CT molecular complexity index is 514. The van der Waals surface area contributed by atoms with Crippen LogP contribution in [0.5, 0.6) is 0 Å². The normalized spacial score (nSPS) is 10.7. The van der Waals surface area contributed by atoms with Crippen molar-refractivity contribution in [1.29, 1.82) is 0 Å². The van der Waals surface area contributed by atoms with Gasteiger partial charge in [-0.2, -0.15) is 0 Å². The van der Waals surface area contributed by atoms with Crippen LogP contribution in [0.3, 0.4) is 0 Å². The number of aliphatic carboxylic acids is 2. The highest BCUT2D eigenvalue weighted by Gasteiger charge is 2.05. The Balaban J connectivity index is 2.39. The SMILES string of the molecule is O=C(O)CCCCCc1ccc(Cl)cc1CCCCCC(=O)O. The predicted octanol–water partition coefficient (Wildman–Crippen LogP) is 4.72. The van der Waals surface area contributed by atoms with Crippen molar-refractivity contribution in [2.24, 2.45) is 0 Å². The van der Waals surface area contributed by atoms with Crippen LogP contribution in [-0.2, 0) is 22.4 Å². The van der Waals surface area contributed by atoms with E-state index in [-0.39, 0.29) is 12.8 Å². The van der Waals surface area contributed by atoms with Gasteiger partial charge in [-0.05, 0) is 61.8 Å². The first-order valence-corrected chi connectivity index (χ1v) is 8.57. The average molecular weight is 341 g/mol. The molecule has 1 aromatic carbocycles. The highest BCUT2D eigenvalue weighted by molar-refractivity contribution is 6.30. The van der Waals surface area contributed by atoms with Gasteiger partial charge in [0, 0.05) is 17.9 Å². The van der Waals surface area contributed by atoms with Crippen LogP contribution in [0, 0.1) is 0 Å². The topological polar surface area (TPSA) is 74.6 Å². The fourth-order valence-corrected chi connectivity index (χ4v) is 2.80. The van der Waals surface area contributed by atoms with Gasteiger partial charge in [0.2, 0.25) is 0 Å². The van der Waals surface area contributed by atoms with E-state index in [1.54, 1.807) is 0 Å². The van der Waals surface area contributed by atoms with Crippen LogP contribution in [0.15, 0.2) is 18.2 Å². The molecular weight excluding hydrogens is 316 g/mol. The van der Waals surface area contributed by atoms with E-state index in [1.165, 1.54) is 11.1 Å². The number of carbonyl (C=O) groups is 2. The Kier molecular flexibility index (Phi) is 9.37. The Morgan fingerprint density at radius 1 is 0.783 bits per heavy atom. The lowest BCUT2D eigenvalue weighted by Gasteiger charge is -2.10. The molecular formula is C18H25ClO4. The lowest BCUT2D eigenvalue weighted by molar-refractivity contribution is -0.138. The minimum absolute atomic E-state index is 0.228. The van der Waals surface area contributed by atoms with Crippen molar-refractivity contribution in [2.75, 3.05) is 0 Å². The van der Waals surface area contributed by atoms with Gasteiger partial charge in [0.05, 0.1) is 0 Å². The Morgan fingerprint density at radius 3 is 1.83 bits per heavy atom. The molecule has 0 atom stereocenters. The van der Waals surface area contributed by atoms with Gasteiger partial charge in [0.25, 0.3) is 0 Å². The first-order chi connectivity index (χ1) is 11.0. The van der Waals surface area contributed by atoms with Crippen molar-refractivity contribution in [2.45, 2.75) is 64.2 Å². The number of rotatable bonds is 12. The number of benzene rings is 1. The van der Waals surface area contributed by atoms with Crippen molar-refractivity contribution >= 4 is 23.5 Å². The Hall–Kier alpha value is -1.55. The van der Waals surface area contributed by atoms with Gasteiger partial charge in [0.15, 0.2) is 0 Å². The number of hydrogen-bond donors (Lipinski definition) is 2. The molecule has 0 spiro atoms. The number of unbranched alkanes of at least 4 members (excludes halogenated alkanes) is 4. The summed E-state index contributed by atoms with van der Waals surface area (Å²) >= 11 is 6.07. The molecule has 5 heteroatoms. The molecule has 0 radical (unpaired) electrons. The summed E-state index contributed by atoms with van der Waals surface area (Å²) in [7, 11) is 0. The lowest BCUT2D eigenvalue weighted by Crippen LogP contribution is -1.98. The standard InChI is InChI=1S/C18H25ClO4/c19-16-12-11-14(7-3-1-5-9-17(20)21)15(13-16)8-4-2-6-10-18(22)23/h11-13H,1-10H2,(H,20,21)(H,22,23). The summed E-state index contributed by atoms with van der Waals surface area (Å²) in [4.78, 5) is 21.0. The lowest BCUT2D eigenvalue weighted by atomic mass is 9.96. The largest absolute Gasteiger partial charge is 0.481 e. The zero-order valence-corrected chi connectivity index (χ0v) is 14.1. The summed E-state index contributed by atoms with van der Waals surface area (Å²) in [5.41, 5.74) is 2.49. The van der Waals surface area contributed by atoms with Crippen LogP contribution in [0.1, 0.15) is 62.5 Å². The van der Waals surface area contributed by atoms with E-state index < -0.39 is 11.9 Å². The molecule has 0 saturated carbocycles. The number of halogens is 1. The van der Waals surface area contributed by atoms with Crippen LogP contribution in [-0.4, -0.2) is 22.2 Å². The molecule has 2 N–H and O–H groups in total. The van der Waals surface area contributed by atoms with E-state index in [0.29, 0.717) is 12.8 Å². The van der Waals surface area contributed by atoms with Gasteiger partial charge >= 0.3 is 11.9 Å². The van der Waals surface area contributed by atoms with Crippen LogP contribution in [0.4, 0.5) is 0 Å². The zero-order chi connectivity index (χ0) is 17.1. The molecule has 1 rings (SSSR count). The number of hydrogen-bond acceptors (Lipinski definition) is 2. The number of carboxylic acid groups (broad SMARTS) is 2. The van der Waals surface area contributed by atoms with E-state index in [9.17, 15) is 9.59 Å². The molecule has 0 bridgehead atoms. The van der Waals surface area contributed by atoms with E-state index >= 15 is 0 Å². The summed E-state index contributed by atoms with van der Waals surface area (Å²) in [6.45, 7) is 0. The predicted molar refractivity (Wildman–Crippen MR) is 91.1 cm³/mol. The van der Waals surface area contributed by atoms with Gasteiger partial charge in [-0.3, -0.25) is 9.59 Å². The summed E-state index contributed by atoms with van der Waals surface area (Å²) in [6.07, 6.45) is 7.47. The second kappa shape index (κ2) is 11.1. The Labute approximate surface area is 142 Å². The molecule has 0 heterocycles. The summed E-state index contributed by atoms with van der Waals surface area (Å²) in [5, 5.41) is 18.0. The van der Waals surface area contributed by atoms with E-state index in [2.05, 4.69) is 0 Å². The monoisotopic (exact) mass is 340 g/mol. The van der Waals surface area contributed by atoms with Crippen molar-refractivity contribution < 1.29 is 19.8 Å². The molecule has 0 fully saturated rings. The van der Waals surface area contributed by atoms with Gasteiger partial charge < -0.3 is 10.2 Å². The van der Waals surface area contributed by atoms with Crippen LogP contribution < -0.4 is 0 Å². The second-order valence-electron chi connectivity index (χ2n) is 5.82. The van der Waals surface area contributed by atoms with Crippen molar-refractivity contribution in [3.8, 4) is 0 Å². The molecule has 0 aliphatic rings. The molecule has 0 aliphatic heterocycles. The van der Waals surface area contributed by atoms with Crippen molar-refractivity contribution in [3.63, 3.8) is 0 Å². The molecule has 23 heavy (non-hydrogen) atoms. The van der Waals surface area contributed by atoms with Crippen molar-refractivity contribution in [3.05, 3.63) is 34.3 Å². The summed E-state index contributed by atoms with van der Waals surface area (Å²) in [5.74, 6) is -1.48. The molecule has 128 valence electrons. The van der Waals surface area contributed by atoms with Crippen LogP contribution in [0.25, 0.3) is 0 Å². The van der Waals surface area contributed by atoms with E-state index in [0.717, 1.165) is 43.5 Å². The van der Waals surface area contributed by atoms with Gasteiger partial charge in [0.1, 0.15) is 0 Å². The number of carboxylic acids is 2. The molecule has 0 amide bonds. The molecule has 0 aromatic heterocycles. The third-order valence-electron chi connectivity index (χ3n) is 3.84. The maximum Gasteiger partial charge on any atom is 0.303 e. The van der Waals surface area contributed by atoms with Gasteiger partial charge in [-0.25, -0.2) is 0 Å². The zero-order valence-electron chi connectivity index (χ0n) is 13.4. The van der Waals surface area contributed by atoms with Gasteiger partial charge in [-0.1, -0.05) is 30.5 Å². The quantitative estimate of drug-likeness (QED) is 0.540. The van der Waals surface area contributed by atoms with Gasteiger partial charge in [-0.15, -0.1) is 0 Å². The maximum atomic E-state index is 10.5. The molecule has 1 aromatic rings. The highest BCUT2D eigenvalue weighted by Crippen LogP contribution is 2.21. The fourth-order valence-electron chi connectivity index (χ4n) is 2.61. The molecule has 4 nitrogen and oxygen atoms in total. The summed E-state index contributed by atoms with van der Waals surface area (Å²) in [6, 6.07) is 5.93. The van der Waals surface area contributed by atoms with Crippen LogP contribution >= 0.6 is 11.6 Å². The minimum atomic E-state index is -0.741. The van der Waals surface area contributed by atoms with E-state index in [4.69, 9.17) is 21.8 Å². The molecule has 0 aliphatic carbocycles.